The molecule has 3 aromatic rings. The van der Waals surface area contributed by atoms with Crippen LogP contribution in [0.5, 0.6) is 0 Å². The molecule has 0 amide bonds. The van der Waals surface area contributed by atoms with Crippen molar-refractivity contribution < 1.29 is 4.39 Å². The van der Waals surface area contributed by atoms with E-state index in [-0.39, 0.29) is 10.9 Å². The Kier molecular flexibility index (Phi) is 5.95. The quantitative estimate of drug-likeness (QED) is 0.569. The predicted octanol–water partition coefficient (Wildman–Crippen LogP) is 5.30. The number of nitrogens with zero attached hydrogens (tertiary/aromatic N) is 2. The first-order valence-corrected chi connectivity index (χ1v) is 11.9. The van der Waals surface area contributed by atoms with E-state index in [1.54, 1.807) is 6.07 Å². The molecule has 1 N–H and O–H groups in total. The molecule has 1 aromatic heterocycles. The number of aromatic nitrogens is 1. The number of nitrogens with one attached hydrogen (secondary N) is 1. The lowest BCUT2D eigenvalue weighted by Crippen LogP contribution is -2.56. The molecule has 168 valence electrons. The normalized spacial score (nSPS) is 21.3. The molecule has 0 saturated carbocycles. The average Bonchev–Trinajstić information content (AvgIpc) is 3.10. The van der Waals surface area contributed by atoms with Crippen LogP contribution in [0.1, 0.15) is 36.9 Å². The minimum Gasteiger partial charge on any atom is -0.366 e. The standard InChI is InChI=1S/C26H29ClFN3O/c1-17-7-12-24(28)25-23(17)14-19(29-26(25)32)4-3-13-30-15-22-6-2-5-21(30)16-31(22)20-10-8-18(27)9-11-20/h7-12,14,21-22H,2-6,13,15-16H2,1H3,(H,29,32). The lowest BCUT2D eigenvalue weighted by molar-refractivity contribution is 0.161. The van der Waals surface area contributed by atoms with Gasteiger partial charge in [0.15, 0.2) is 0 Å². The molecule has 32 heavy (non-hydrogen) atoms. The van der Waals surface area contributed by atoms with Gasteiger partial charge in [-0.25, -0.2) is 4.39 Å². The van der Waals surface area contributed by atoms with Gasteiger partial charge in [-0.2, -0.15) is 0 Å². The van der Waals surface area contributed by atoms with E-state index >= 15 is 0 Å². The summed E-state index contributed by atoms with van der Waals surface area (Å²) < 4.78 is 14.1. The molecule has 0 spiro atoms. The molecule has 3 aliphatic heterocycles. The monoisotopic (exact) mass is 453 g/mol. The predicted molar refractivity (Wildman–Crippen MR) is 129 cm³/mol. The maximum absolute atomic E-state index is 14.1. The van der Waals surface area contributed by atoms with E-state index < -0.39 is 5.82 Å². The summed E-state index contributed by atoms with van der Waals surface area (Å²) in [5.74, 6) is -0.454. The molecule has 2 bridgehead atoms. The highest BCUT2D eigenvalue weighted by atomic mass is 35.5. The SMILES string of the molecule is Cc1ccc(F)c2c(=O)[nH]c(CCCN3CC4CCCC3CN4c3ccc(Cl)cc3)cc12. The van der Waals surface area contributed by atoms with Gasteiger partial charge in [-0.3, -0.25) is 9.69 Å². The summed E-state index contributed by atoms with van der Waals surface area (Å²) in [5.41, 5.74) is 2.76. The van der Waals surface area contributed by atoms with Crippen LogP contribution < -0.4 is 10.5 Å². The first-order chi connectivity index (χ1) is 15.5. The van der Waals surface area contributed by atoms with E-state index in [9.17, 15) is 9.18 Å². The highest BCUT2D eigenvalue weighted by Gasteiger charge is 2.36. The third kappa shape index (κ3) is 4.16. The van der Waals surface area contributed by atoms with Crippen molar-refractivity contribution in [2.45, 2.75) is 51.1 Å². The number of hydrogen-bond acceptors (Lipinski definition) is 3. The Morgan fingerprint density at radius 3 is 2.69 bits per heavy atom. The molecule has 6 rings (SSSR count). The third-order valence-electron chi connectivity index (χ3n) is 7.17. The minimum absolute atomic E-state index is 0.167. The number of anilines is 1. The van der Waals surface area contributed by atoms with Crippen LogP contribution in [0.15, 0.2) is 47.3 Å². The fraction of sp³-hybridized carbons (Fsp3) is 0.423. The number of H-pyrrole nitrogens is 1. The smallest absolute Gasteiger partial charge is 0.259 e. The molecule has 0 aliphatic carbocycles. The van der Waals surface area contributed by atoms with E-state index in [0.717, 1.165) is 54.1 Å². The van der Waals surface area contributed by atoms with Crippen LogP contribution in [-0.4, -0.2) is 41.6 Å². The summed E-state index contributed by atoms with van der Waals surface area (Å²) >= 11 is 6.08. The lowest BCUT2D eigenvalue weighted by Gasteiger charge is -2.45. The molecule has 3 fully saturated rings. The van der Waals surface area contributed by atoms with Crippen molar-refractivity contribution in [3.05, 3.63) is 74.9 Å². The summed E-state index contributed by atoms with van der Waals surface area (Å²) in [4.78, 5) is 20.6. The topological polar surface area (TPSA) is 39.3 Å². The van der Waals surface area contributed by atoms with Crippen molar-refractivity contribution in [3.8, 4) is 0 Å². The average molecular weight is 454 g/mol. The van der Waals surface area contributed by atoms with Gasteiger partial charge in [-0.05, 0) is 92.9 Å². The molecular formula is C26H29ClFN3O. The second-order valence-corrected chi connectivity index (χ2v) is 9.68. The van der Waals surface area contributed by atoms with Crippen molar-refractivity contribution >= 4 is 28.1 Å². The van der Waals surface area contributed by atoms with E-state index in [1.807, 2.05) is 25.1 Å². The van der Waals surface area contributed by atoms with Crippen LogP contribution in [0, 0.1) is 12.7 Å². The Labute approximate surface area is 193 Å². The first-order valence-electron chi connectivity index (χ1n) is 11.6. The second-order valence-electron chi connectivity index (χ2n) is 9.24. The van der Waals surface area contributed by atoms with Crippen LogP contribution in [0.3, 0.4) is 0 Å². The van der Waals surface area contributed by atoms with Gasteiger partial charge in [-0.1, -0.05) is 17.7 Å². The fourth-order valence-electron chi connectivity index (χ4n) is 5.48. The van der Waals surface area contributed by atoms with Crippen LogP contribution in [0.4, 0.5) is 10.1 Å². The number of rotatable bonds is 5. The van der Waals surface area contributed by atoms with Gasteiger partial charge in [-0.15, -0.1) is 0 Å². The highest BCUT2D eigenvalue weighted by Crippen LogP contribution is 2.32. The van der Waals surface area contributed by atoms with Crippen molar-refractivity contribution in [2.75, 3.05) is 24.5 Å². The zero-order valence-electron chi connectivity index (χ0n) is 18.4. The molecule has 0 radical (unpaired) electrons. The fourth-order valence-corrected chi connectivity index (χ4v) is 5.61. The number of halogens is 2. The van der Waals surface area contributed by atoms with Gasteiger partial charge in [0, 0.05) is 41.6 Å². The maximum Gasteiger partial charge on any atom is 0.259 e. The first kappa shape index (κ1) is 21.5. The molecule has 4 nitrogen and oxygen atoms in total. The van der Waals surface area contributed by atoms with E-state index in [2.05, 4.69) is 26.9 Å². The number of pyridine rings is 1. The van der Waals surface area contributed by atoms with E-state index in [1.165, 1.54) is 31.0 Å². The van der Waals surface area contributed by atoms with Gasteiger partial charge < -0.3 is 9.88 Å². The molecule has 6 heteroatoms. The van der Waals surface area contributed by atoms with Gasteiger partial charge >= 0.3 is 0 Å². The Morgan fingerprint density at radius 2 is 1.88 bits per heavy atom. The van der Waals surface area contributed by atoms with Crippen molar-refractivity contribution in [1.82, 2.24) is 9.88 Å². The molecule has 3 saturated heterocycles. The number of hydrogen-bond donors (Lipinski definition) is 1. The molecule has 2 atom stereocenters. The lowest BCUT2D eigenvalue weighted by atomic mass is 10.0. The minimum atomic E-state index is -0.454. The summed E-state index contributed by atoms with van der Waals surface area (Å²) in [6.45, 7) is 5.06. The summed E-state index contributed by atoms with van der Waals surface area (Å²) in [6, 6.07) is 14.4. The Balaban J connectivity index is 1.26. The van der Waals surface area contributed by atoms with Crippen LogP contribution >= 0.6 is 11.6 Å². The Hall–Kier alpha value is -2.37. The van der Waals surface area contributed by atoms with Crippen molar-refractivity contribution in [1.29, 1.82) is 0 Å². The number of aryl methyl sites for hydroxylation is 2. The maximum atomic E-state index is 14.1. The highest BCUT2D eigenvalue weighted by molar-refractivity contribution is 6.30. The third-order valence-corrected chi connectivity index (χ3v) is 7.42. The molecule has 2 aromatic carbocycles. The van der Waals surface area contributed by atoms with E-state index in [4.69, 9.17) is 11.6 Å². The van der Waals surface area contributed by atoms with Gasteiger partial charge in [0.2, 0.25) is 0 Å². The van der Waals surface area contributed by atoms with Crippen LogP contribution in [0.25, 0.3) is 10.8 Å². The van der Waals surface area contributed by atoms with Gasteiger partial charge in [0.1, 0.15) is 5.82 Å². The zero-order valence-corrected chi connectivity index (χ0v) is 19.2. The Bertz CT molecular complexity index is 1180. The number of benzene rings is 2. The number of aromatic amines is 1. The molecular weight excluding hydrogens is 425 g/mol. The largest absolute Gasteiger partial charge is 0.366 e. The van der Waals surface area contributed by atoms with Crippen molar-refractivity contribution in [3.63, 3.8) is 0 Å². The number of fused-ring (bicyclic) bond motifs is 5. The molecule has 4 heterocycles. The summed E-state index contributed by atoms with van der Waals surface area (Å²) in [6.07, 6.45) is 5.47. The number of piperazine rings is 1. The van der Waals surface area contributed by atoms with Crippen LogP contribution in [-0.2, 0) is 6.42 Å². The zero-order chi connectivity index (χ0) is 22.2. The van der Waals surface area contributed by atoms with Gasteiger partial charge in [0.05, 0.1) is 5.39 Å². The summed E-state index contributed by atoms with van der Waals surface area (Å²) in [7, 11) is 0. The second kappa shape index (κ2) is 8.87. The van der Waals surface area contributed by atoms with Gasteiger partial charge in [0.25, 0.3) is 5.56 Å². The molecule has 2 unspecified atom stereocenters. The van der Waals surface area contributed by atoms with Crippen molar-refractivity contribution in [2.24, 2.45) is 0 Å². The van der Waals surface area contributed by atoms with E-state index in [0.29, 0.717) is 12.1 Å². The summed E-state index contributed by atoms with van der Waals surface area (Å²) in [5, 5.41) is 1.66. The molecule has 3 aliphatic rings. The van der Waals surface area contributed by atoms with Crippen LogP contribution in [0.2, 0.25) is 5.02 Å². The Morgan fingerprint density at radius 1 is 1.09 bits per heavy atom.